The van der Waals surface area contributed by atoms with Crippen LogP contribution in [0.2, 0.25) is 0 Å². The number of alkyl halides is 3. The van der Waals surface area contributed by atoms with E-state index < -0.39 is 15.6 Å². The molecule has 13 heteroatoms. The van der Waals surface area contributed by atoms with E-state index in [9.17, 15) is 28.2 Å². The lowest BCUT2D eigenvalue weighted by molar-refractivity contribution is -0.651. The molecule has 0 unspecified atom stereocenters. The Hall–Kier alpha value is -3.42. The van der Waals surface area contributed by atoms with Crippen molar-refractivity contribution in [2.24, 2.45) is 7.05 Å². The topological polar surface area (TPSA) is 140 Å². The minimum Gasteiger partial charge on any atom is -0.741 e. The largest absolute Gasteiger partial charge is 0.741 e. The van der Waals surface area contributed by atoms with Crippen LogP contribution in [0.25, 0.3) is 10.9 Å². The van der Waals surface area contributed by atoms with Crippen LogP contribution >= 0.6 is 0 Å². The van der Waals surface area contributed by atoms with Crippen molar-refractivity contribution in [3.05, 3.63) is 65.4 Å². The number of hydrogen-bond acceptors (Lipinski definition) is 7. The molecule has 1 atom stereocenters. The number of pyridine rings is 1. The van der Waals surface area contributed by atoms with Gasteiger partial charge in [0.25, 0.3) is 5.91 Å². The van der Waals surface area contributed by atoms with Crippen molar-refractivity contribution in [2.45, 2.75) is 24.9 Å². The zero-order valence-corrected chi connectivity index (χ0v) is 20.4. The van der Waals surface area contributed by atoms with Gasteiger partial charge in [-0.1, -0.05) is 30.3 Å². The van der Waals surface area contributed by atoms with Crippen molar-refractivity contribution in [1.82, 2.24) is 5.32 Å². The van der Waals surface area contributed by atoms with Crippen LogP contribution in [-0.2, 0) is 23.6 Å². The molecular weight excluding hydrogens is 505 g/mol. The molecule has 0 aliphatic heterocycles. The Morgan fingerprint density at radius 3 is 2.28 bits per heavy atom. The van der Waals surface area contributed by atoms with Crippen LogP contribution < -0.4 is 14.6 Å². The predicted molar refractivity (Wildman–Crippen MR) is 122 cm³/mol. The smallest absolute Gasteiger partial charge is 0.485 e. The van der Waals surface area contributed by atoms with Crippen LogP contribution in [0.4, 0.5) is 13.2 Å². The second kappa shape index (κ2) is 11.5. The number of hydrogen-bond donors (Lipinski definition) is 3. The molecule has 0 saturated carbocycles. The number of phenolic OH excluding ortho intramolecular Hbond substituents is 1. The molecule has 36 heavy (non-hydrogen) atoms. The molecule has 1 aromatic heterocycles. The minimum absolute atomic E-state index is 0.0162. The van der Waals surface area contributed by atoms with Crippen molar-refractivity contribution in [3.63, 3.8) is 0 Å². The summed E-state index contributed by atoms with van der Waals surface area (Å²) in [6.45, 7) is 1.70. The number of amides is 1. The number of rotatable bonds is 6. The van der Waals surface area contributed by atoms with E-state index in [1.807, 2.05) is 48.9 Å². The Morgan fingerprint density at radius 2 is 1.78 bits per heavy atom. The summed E-state index contributed by atoms with van der Waals surface area (Å²) in [5, 5.41) is 23.4. The van der Waals surface area contributed by atoms with Crippen LogP contribution in [-0.4, -0.2) is 54.4 Å². The number of phenols is 1. The number of methoxy groups -OCH3 is 1. The summed E-state index contributed by atoms with van der Waals surface area (Å²) in [5.74, 6) is 0.130. The third-order valence-electron chi connectivity index (χ3n) is 5.29. The van der Waals surface area contributed by atoms with Gasteiger partial charge in [0.2, 0.25) is 5.52 Å². The summed E-state index contributed by atoms with van der Waals surface area (Å²) in [7, 11) is -2.73. The maximum Gasteiger partial charge on any atom is 0.485 e. The molecule has 0 aliphatic carbocycles. The molecule has 1 heterocycles. The maximum absolute atomic E-state index is 12.9. The Balaban J connectivity index is 0.000000493. The highest BCUT2D eigenvalue weighted by Crippen LogP contribution is 2.30. The molecule has 1 amide bonds. The molecule has 0 radical (unpaired) electrons. The van der Waals surface area contributed by atoms with Gasteiger partial charge in [-0.05, 0) is 24.1 Å². The number of aromatic hydroxyl groups is 1. The van der Waals surface area contributed by atoms with Crippen molar-refractivity contribution in [2.75, 3.05) is 13.7 Å². The molecular formula is C23H25F3N2O7S. The average Bonchev–Trinajstić information content (AvgIpc) is 2.80. The normalized spacial score (nSPS) is 12.4. The van der Waals surface area contributed by atoms with E-state index in [0.29, 0.717) is 17.7 Å². The molecule has 0 spiro atoms. The number of aliphatic hydroxyl groups is 1. The highest BCUT2D eigenvalue weighted by Gasteiger charge is 2.37. The third-order valence-corrected chi connectivity index (χ3v) is 5.86. The first-order valence-corrected chi connectivity index (χ1v) is 11.8. The number of aromatic nitrogens is 1. The molecule has 2 aromatic carbocycles. The lowest BCUT2D eigenvalue weighted by Gasteiger charge is -2.17. The average molecular weight is 531 g/mol. The van der Waals surface area contributed by atoms with Crippen LogP contribution in [0.5, 0.6) is 11.5 Å². The van der Waals surface area contributed by atoms with E-state index in [4.69, 9.17) is 17.7 Å². The summed E-state index contributed by atoms with van der Waals surface area (Å²) in [6, 6.07) is 14.4. The number of aliphatic hydroxyl groups excluding tert-OH is 1. The number of aryl methyl sites for hydroxylation is 1. The molecule has 0 aliphatic rings. The second-order valence-corrected chi connectivity index (χ2v) is 9.10. The highest BCUT2D eigenvalue weighted by molar-refractivity contribution is 7.86. The first kappa shape index (κ1) is 28.8. The van der Waals surface area contributed by atoms with Crippen molar-refractivity contribution < 1.29 is 50.5 Å². The lowest BCUT2D eigenvalue weighted by Crippen LogP contribution is -2.42. The molecule has 0 bridgehead atoms. The molecule has 3 aromatic rings. The van der Waals surface area contributed by atoms with Crippen molar-refractivity contribution >= 4 is 26.9 Å². The highest BCUT2D eigenvalue weighted by atomic mass is 32.2. The van der Waals surface area contributed by atoms with E-state index in [-0.39, 0.29) is 24.3 Å². The third kappa shape index (κ3) is 7.06. The van der Waals surface area contributed by atoms with Gasteiger partial charge >= 0.3 is 5.51 Å². The predicted octanol–water partition coefficient (Wildman–Crippen LogP) is 2.07. The van der Waals surface area contributed by atoms with E-state index in [1.165, 1.54) is 7.11 Å². The number of fused-ring (bicyclic) bond motifs is 1. The van der Waals surface area contributed by atoms with E-state index >= 15 is 0 Å². The van der Waals surface area contributed by atoms with Crippen molar-refractivity contribution in [1.29, 1.82) is 0 Å². The van der Waals surface area contributed by atoms with Gasteiger partial charge < -0.3 is 24.8 Å². The van der Waals surface area contributed by atoms with Gasteiger partial charge in [0, 0.05) is 6.92 Å². The number of ether oxygens (including phenoxy) is 1. The zero-order chi connectivity index (χ0) is 27.3. The first-order chi connectivity index (χ1) is 16.7. The lowest BCUT2D eigenvalue weighted by atomic mass is 10.0. The number of halogens is 3. The van der Waals surface area contributed by atoms with Crippen LogP contribution in [0, 0.1) is 6.92 Å². The van der Waals surface area contributed by atoms with Crippen LogP contribution in [0.15, 0.2) is 48.5 Å². The Bertz CT molecular complexity index is 1330. The quantitative estimate of drug-likeness (QED) is 0.252. The summed E-state index contributed by atoms with van der Waals surface area (Å²) in [5.41, 5.74) is -2.50. The maximum atomic E-state index is 12.9. The van der Waals surface area contributed by atoms with Gasteiger partial charge in [0.1, 0.15) is 12.6 Å². The summed E-state index contributed by atoms with van der Waals surface area (Å²) in [6.07, 6.45) is 0.541. The zero-order valence-electron chi connectivity index (χ0n) is 19.5. The number of nitrogens with one attached hydrogen (secondary N) is 1. The Labute approximate surface area is 205 Å². The van der Waals surface area contributed by atoms with Gasteiger partial charge in [0.05, 0.1) is 31.2 Å². The van der Waals surface area contributed by atoms with E-state index in [2.05, 4.69) is 5.32 Å². The van der Waals surface area contributed by atoms with E-state index in [0.717, 1.165) is 22.2 Å². The van der Waals surface area contributed by atoms with Crippen LogP contribution in [0.3, 0.4) is 0 Å². The fraction of sp³-hybridized carbons (Fsp3) is 0.304. The van der Waals surface area contributed by atoms with Gasteiger partial charge in [-0.15, -0.1) is 0 Å². The standard InChI is InChI=1S/C22H24N2O4.CHF3O3S/c1-14-18(10-16-11-20(26)21(28-3)12-19(16)24(14)2)22(27)23-17(13-25)9-15-7-5-4-6-8-15;2-1(3,4)8(5,6)7/h4-8,10-12,17,25H,9,13H2,1-3H3,(H-,23,26,27);(H,5,6,7)/t17-;/m0./s1. The molecule has 3 rings (SSSR count). The number of nitrogens with zero attached hydrogens (tertiary/aromatic N) is 1. The van der Waals surface area contributed by atoms with Gasteiger partial charge in [-0.3, -0.25) is 4.79 Å². The fourth-order valence-electron chi connectivity index (χ4n) is 3.32. The Kier molecular flexibility index (Phi) is 9.24. The molecule has 0 fully saturated rings. The molecule has 0 saturated heterocycles. The number of carbonyl (C=O) groups is 1. The SMILES string of the molecule is COc1cc2c(cc1O)cc(C(=O)N[C@H](CO)Cc1ccccc1)c(C)[n+]2C.O=S(=O)([O-])C(F)(F)F. The minimum atomic E-state index is -6.09. The summed E-state index contributed by atoms with van der Waals surface area (Å²) >= 11 is 0. The fourth-order valence-corrected chi connectivity index (χ4v) is 3.32. The first-order valence-electron chi connectivity index (χ1n) is 10.4. The monoisotopic (exact) mass is 530 g/mol. The van der Waals surface area contributed by atoms with Crippen LogP contribution in [0.1, 0.15) is 21.6 Å². The molecule has 9 nitrogen and oxygen atoms in total. The number of benzene rings is 2. The summed E-state index contributed by atoms with van der Waals surface area (Å²) in [4.78, 5) is 12.9. The van der Waals surface area contributed by atoms with Gasteiger partial charge in [0.15, 0.2) is 27.3 Å². The number of carbonyl (C=O) groups excluding carboxylic acids is 1. The Morgan fingerprint density at radius 1 is 1.19 bits per heavy atom. The molecule has 196 valence electrons. The van der Waals surface area contributed by atoms with Crippen molar-refractivity contribution in [3.8, 4) is 11.5 Å². The second-order valence-electron chi connectivity index (χ2n) is 7.73. The van der Waals surface area contributed by atoms with Gasteiger partial charge in [-0.2, -0.15) is 17.7 Å². The molecule has 3 N–H and O–H groups in total. The summed E-state index contributed by atoms with van der Waals surface area (Å²) < 4.78 is 66.0. The van der Waals surface area contributed by atoms with Gasteiger partial charge in [-0.25, -0.2) is 8.42 Å². The van der Waals surface area contributed by atoms with E-state index in [1.54, 1.807) is 18.2 Å².